The maximum Gasteiger partial charge on any atom is 0.247 e. The lowest BCUT2D eigenvalue weighted by Gasteiger charge is -2.12. The van der Waals surface area contributed by atoms with Gasteiger partial charge in [0.2, 0.25) is 5.91 Å². The van der Waals surface area contributed by atoms with E-state index in [4.69, 9.17) is 11.6 Å². The zero-order valence-electron chi connectivity index (χ0n) is 10.6. The van der Waals surface area contributed by atoms with Gasteiger partial charge in [0.1, 0.15) is 6.04 Å². The van der Waals surface area contributed by atoms with Gasteiger partial charge in [-0.2, -0.15) is 0 Å². The monoisotopic (exact) mass is 308 g/mol. The zero-order chi connectivity index (χ0) is 13.2. The highest BCUT2D eigenvalue weighted by molar-refractivity contribution is 6.33. The van der Waals surface area contributed by atoms with E-state index in [1.165, 1.54) is 5.56 Å². The smallest absolute Gasteiger partial charge is 0.247 e. The Balaban J connectivity index is 0.00000147. The van der Waals surface area contributed by atoms with E-state index >= 15 is 0 Å². The molecule has 0 aromatic heterocycles. The first-order valence-corrected chi connectivity index (χ1v) is 6.51. The lowest BCUT2D eigenvalue weighted by Crippen LogP contribution is -2.32. The number of rotatable bonds is 2. The largest absolute Gasteiger partial charge is 0.373 e. The summed E-state index contributed by atoms with van der Waals surface area (Å²) in [5.41, 5.74) is 2.84. The van der Waals surface area contributed by atoms with Crippen LogP contribution in [0.2, 0.25) is 5.02 Å². The first-order valence-electron chi connectivity index (χ1n) is 6.14. The van der Waals surface area contributed by atoms with Crippen LogP contribution in [0.15, 0.2) is 48.5 Å². The van der Waals surface area contributed by atoms with Crippen LogP contribution in [0, 0.1) is 0 Å². The Morgan fingerprint density at radius 3 is 2.60 bits per heavy atom. The first-order chi connectivity index (χ1) is 9.24. The molecular weight excluding hydrogens is 295 g/mol. The van der Waals surface area contributed by atoms with E-state index < -0.39 is 0 Å². The summed E-state index contributed by atoms with van der Waals surface area (Å²) in [6.45, 7) is 0. The number of amides is 1. The summed E-state index contributed by atoms with van der Waals surface area (Å²) in [5, 5.41) is 6.62. The van der Waals surface area contributed by atoms with E-state index in [-0.39, 0.29) is 24.4 Å². The Labute approximate surface area is 128 Å². The van der Waals surface area contributed by atoms with Crippen molar-refractivity contribution >= 4 is 41.3 Å². The molecule has 1 aliphatic rings. The number of halogens is 2. The van der Waals surface area contributed by atoms with Crippen LogP contribution in [0.3, 0.4) is 0 Å². The lowest BCUT2D eigenvalue weighted by atomic mass is 10.1. The Morgan fingerprint density at radius 2 is 1.85 bits per heavy atom. The second-order valence-corrected chi connectivity index (χ2v) is 4.93. The van der Waals surface area contributed by atoms with Crippen molar-refractivity contribution in [3.63, 3.8) is 0 Å². The van der Waals surface area contributed by atoms with Crippen molar-refractivity contribution in [3.8, 4) is 0 Å². The van der Waals surface area contributed by atoms with Crippen LogP contribution >= 0.6 is 24.0 Å². The predicted octanol–water partition coefficient (Wildman–Crippen LogP) is 3.74. The first kappa shape index (κ1) is 14.7. The topological polar surface area (TPSA) is 41.1 Å². The van der Waals surface area contributed by atoms with Crippen molar-refractivity contribution in [3.05, 3.63) is 59.1 Å². The van der Waals surface area contributed by atoms with E-state index in [1.807, 2.05) is 36.4 Å². The third kappa shape index (κ3) is 2.89. The molecule has 0 radical (unpaired) electrons. The van der Waals surface area contributed by atoms with Gasteiger partial charge in [-0.05, 0) is 23.8 Å². The lowest BCUT2D eigenvalue weighted by molar-refractivity contribution is -0.116. The van der Waals surface area contributed by atoms with Gasteiger partial charge in [0.15, 0.2) is 0 Å². The molecule has 1 aliphatic heterocycles. The second kappa shape index (κ2) is 6.16. The highest BCUT2D eigenvalue weighted by Crippen LogP contribution is 2.27. The summed E-state index contributed by atoms with van der Waals surface area (Å²) < 4.78 is 0. The molecule has 0 saturated carbocycles. The fourth-order valence-electron chi connectivity index (χ4n) is 2.24. The van der Waals surface area contributed by atoms with E-state index in [2.05, 4.69) is 10.6 Å². The summed E-state index contributed by atoms with van der Waals surface area (Å²) in [5.74, 6) is -0.0655. The number of carbonyl (C=O) groups excluding carboxylic acids is 1. The maximum atomic E-state index is 12.2. The Kier molecular flexibility index (Phi) is 4.53. The van der Waals surface area contributed by atoms with Gasteiger partial charge < -0.3 is 10.6 Å². The summed E-state index contributed by atoms with van der Waals surface area (Å²) in [6.07, 6.45) is 0.701. The average molecular weight is 309 g/mol. The fourth-order valence-corrected chi connectivity index (χ4v) is 2.42. The number of fused-ring (bicyclic) bond motifs is 1. The molecule has 2 aromatic carbocycles. The number of carbonyl (C=O) groups is 1. The van der Waals surface area contributed by atoms with Gasteiger partial charge >= 0.3 is 0 Å². The van der Waals surface area contributed by atoms with E-state index in [0.29, 0.717) is 17.1 Å². The van der Waals surface area contributed by atoms with Crippen LogP contribution in [0.1, 0.15) is 5.56 Å². The standard InChI is InChI=1S/C15H13ClN2O.ClH/c16-11-6-2-4-8-13(11)18-15(19)14-9-10-5-1-3-7-12(10)17-14;/h1-8,14,17H,9H2,(H,18,19);1H/t14-;/m0./s1. The number of hydrogen-bond donors (Lipinski definition) is 2. The van der Waals surface area contributed by atoms with Gasteiger partial charge in [-0.15, -0.1) is 12.4 Å². The van der Waals surface area contributed by atoms with Gasteiger partial charge in [0, 0.05) is 12.1 Å². The van der Waals surface area contributed by atoms with Crippen molar-refractivity contribution in [1.29, 1.82) is 0 Å². The van der Waals surface area contributed by atoms with Gasteiger partial charge in [0.25, 0.3) is 0 Å². The minimum atomic E-state index is -0.242. The quantitative estimate of drug-likeness (QED) is 0.887. The van der Waals surface area contributed by atoms with Crippen molar-refractivity contribution in [1.82, 2.24) is 0 Å². The molecule has 3 nitrogen and oxygen atoms in total. The van der Waals surface area contributed by atoms with Gasteiger partial charge in [-0.25, -0.2) is 0 Å². The third-order valence-electron chi connectivity index (χ3n) is 3.22. The minimum Gasteiger partial charge on any atom is -0.373 e. The van der Waals surface area contributed by atoms with Crippen molar-refractivity contribution in [2.75, 3.05) is 10.6 Å². The molecule has 0 unspecified atom stereocenters. The molecule has 0 aliphatic carbocycles. The molecule has 1 heterocycles. The van der Waals surface area contributed by atoms with Gasteiger partial charge in [-0.3, -0.25) is 4.79 Å². The molecule has 3 rings (SSSR count). The molecule has 5 heteroatoms. The number of para-hydroxylation sites is 2. The Hall–Kier alpha value is -1.71. The molecule has 20 heavy (non-hydrogen) atoms. The zero-order valence-corrected chi connectivity index (χ0v) is 12.2. The number of anilines is 2. The second-order valence-electron chi connectivity index (χ2n) is 4.53. The van der Waals surface area contributed by atoms with Crippen molar-refractivity contribution in [2.45, 2.75) is 12.5 Å². The van der Waals surface area contributed by atoms with Crippen LogP contribution in [-0.2, 0) is 11.2 Å². The van der Waals surface area contributed by atoms with Crippen LogP contribution < -0.4 is 10.6 Å². The molecular formula is C15H14Cl2N2O. The van der Waals surface area contributed by atoms with Crippen LogP contribution in [0.25, 0.3) is 0 Å². The van der Waals surface area contributed by atoms with Crippen LogP contribution in [-0.4, -0.2) is 11.9 Å². The molecule has 1 atom stereocenters. The molecule has 0 fully saturated rings. The predicted molar refractivity (Wildman–Crippen MR) is 84.9 cm³/mol. The van der Waals surface area contributed by atoms with Gasteiger partial charge in [-0.1, -0.05) is 41.9 Å². The molecule has 2 aromatic rings. The SMILES string of the molecule is Cl.O=C(Nc1ccccc1Cl)[C@@H]1Cc2ccccc2N1. The summed E-state index contributed by atoms with van der Waals surface area (Å²) >= 11 is 6.03. The third-order valence-corrected chi connectivity index (χ3v) is 3.55. The van der Waals surface area contributed by atoms with Crippen LogP contribution in [0.5, 0.6) is 0 Å². The molecule has 1 amide bonds. The van der Waals surface area contributed by atoms with Crippen molar-refractivity contribution < 1.29 is 4.79 Å². The van der Waals surface area contributed by atoms with E-state index in [9.17, 15) is 4.79 Å². The highest BCUT2D eigenvalue weighted by Gasteiger charge is 2.26. The Morgan fingerprint density at radius 1 is 1.15 bits per heavy atom. The van der Waals surface area contributed by atoms with Crippen LogP contribution in [0.4, 0.5) is 11.4 Å². The molecule has 0 spiro atoms. The average Bonchev–Trinajstić information content (AvgIpc) is 2.85. The number of hydrogen-bond acceptors (Lipinski definition) is 2. The summed E-state index contributed by atoms with van der Waals surface area (Å²) in [6, 6.07) is 14.9. The van der Waals surface area contributed by atoms with Gasteiger partial charge in [0.05, 0.1) is 10.7 Å². The Bertz CT molecular complexity index is 606. The van der Waals surface area contributed by atoms with Crippen molar-refractivity contribution in [2.24, 2.45) is 0 Å². The van der Waals surface area contributed by atoms with E-state index in [0.717, 1.165) is 5.69 Å². The molecule has 0 saturated heterocycles. The summed E-state index contributed by atoms with van der Waals surface area (Å²) in [7, 11) is 0. The maximum absolute atomic E-state index is 12.2. The molecule has 2 N–H and O–H groups in total. The van der Waals surface area contributed by atoms with E-state index in [1.54, 1.807) is 12.1 Å². The number of nitrogens with one attached hydrogen (secondary N) is 2. The minimum absolute atomic E-state index is 0. The molecule has 0 bridgehead atoms. The fraction of sp³-hybridized carbons (Fsp3) is 0.133. The molecule has 104 valence electrons. The number of benzene rings is 2. The summed E-state index contributed by atoms with van der Waals surface area (Å²) in [4.78, 5) is 12.2. The highest BCUT2D eigenvalue weighted by atomic mass is 35.5. The normalized spacial score (nSPS) is 15.8.